The maximum Gasteiger partial charge on any atom is 0.199 e. The fraction of sp³-hybridized carbons (Fsp3) is 0.176. The average Bonchev–Trinajstić information content (AvgIpc) is 2.84. The van der Waals surface area contributed by atoms with Crippen LogP contribution in [0.3, 0.4) is 0 Å². The number of thiazole rings is 1. The van der Waals surface area contributed by atoms with Crippen LogP contribution in [-0.2, 0) is 13.5 Å². The highest BCUT2D eigenvalue weighted by Gasteiger charge is 2.02. The number of aromatic nitrogens is 1. The second-order valence-electron chi connectivity index (χ2n) is 5.00. The van der Waals surface area contributed by atoms with Gasteiger partial charge in [0.05, 0.1) is 10.2 Å². The number of nitrogens with zero attached hydrogens (tertiary/aromatic N) is 2. The fourth-order valence-electron chi connectivity index (χ4n) is 2.25. The van der Waals surface area contributed by atoms with Crippen LogP contribution in [0.25, 0.3) is 10.2 Å². The third kappa shape index (κ3) is 3.10. The lowest BCUT2D eigenvalue weighted by atomic mass is 10.1. The molecule has 3 rings (SSSR count). The SMILES string of the molecule is CCc1ccc(NC(=S)N=c2sc3ccccc3n2C)cc1. The topological polar surface area (TPSA) is 29.3 Å². The summed E-state index contributed by atoms with van der Waals surface area (Å²) < 4.78 is 3.27. The molecule has 1 N–H and O–H groups in total. The van der Waals surface area contributed by atoms with Gasteiger partial charge in [0.2, 0.25) is 0 Å². The highest BCUT2D eigenvalue weighted by atomic mass is 32.1. The zero-order valence-corrected chi connectivity index (χ0v) is 14.2. The smallest absolute Gasteiger partial charge is 0.199 e. The lowest BCUT2D eigenvalue weighted by molar-refractivity contribution is 0.917. The van der Waals surface area contributed by atoms with Gasteiger partial charge in [0, 0.05) is 12.7 Å². The van der Waals surface area contributed by atoms with Gasteiger partial charge in [0.15, 0.2) is 9.91 Å². The van der Waals surface area contributed by atoms with E-state index in [1.54, 1.807) is 11.3 Å². The van der Waals surface area contributed by atoms with Gasteiger partial charge < -0.3 is 9.88 Å². The summed E-state index contributed by atoms with van der Waals surface area (Å²) in [6.07, 6.45) is 1.03. The van der Waals surface area contributed by atoms with Crippen LogP contribution in [0.2, 0.25) is 0 Å². The molecule has 0 spiro atoms. The van der Waals surface area contributed by atoms with E-state index in [2.05, 4.69) is 46.1 Å². The molecule has 5 heteroatoms. The maximum absolute atomic E-state index is 5.36. The Morgan fingerprint density at radius 1 is 1.18 bits per heavy atom. The zero-order valence-electron chi connectivity index (χ0n) is 12.5. The third-order valence-electron chi connectivity index (χ3n) is 3.53. The molecule has 0 saturated heterocycles. The summed E-state index contributed by atoms with van der Waals surface area (Å²) in [5, 5.41) is 3.65. The number of nitrogens with one attached hydrogen (secondary N) is 1. The van der Waals surface area contributed by atoms with E-state index in [-0.39, 0.29) is 0 Å². The highest BCUT2D eigenvalue weighted by molar-refractivity contribution is 7.80. The first-order valence-corrected chi connectivity index (χ1v) is 8.39. The molecule has 0 bridgehead atoms. The normalized spacial score (nSPS) is 11.8. The lowest BCUT2D eigenvalue weighted by Crippen LogP contribution is -2.16. The molecule has 3 aromatic rings. The van der Waals surface area contributed by atoms with Gasteiger partial charge in [0.1, 0.15) is 0 Å². The first-order chi connectivity index (χ1) is 10.7. The van der Waals surface area contributed by atoms with Crippen molar-refractivity contribution in [2.24, 2.45) is 12.0 Å². The van der Waals surface area contributed by atoms with Crippen molar-refractivity contribution in [2.75, 3.05) is 5.32 Å². The van der Waals surface area contributed by atoms with E-state index >= 15 is 0 Å². The number of fused-ring (bicyclic) bond motifs is 1. The van der Waals surface area contributed by atoms with Crippen LogP contribution in [0.5, 0.6) is 0 Å². The standard InChI is InChI=1S/C17H17N3S2/c1-3-12-8-10-13(11-9-12)18-16(21)19-17-20(2)14-6-4-5-7-15(14)22-17/h4-11H,3H2,1-2H3,(H,18,21). The zero-order chi connectivity index (χ0) is 15.5. The first-order valence-electron chi connectivity index (χ1n) is 7.16. The number of rotatable bonds is 2. The van der Waals surface area contributed by atoms with Crippen LogP contribution < -0.4 is 10.1 Å². The van der Waals surface area contributed by atoms with E-state index in [4.69, 9.17) is 12.2 Å². The molecule has 1 heterocycles. The summed E-state index contributed by atoms with van der Waals surface area (Å²) >= 11 is 7.00. The summed E-state index contributed by atoms with van der Waals surface area (Å²) in [7, 11) is 2.01. The average molecular weight is 327 g/mol. The molecule has 0 atom stereocenters. The predicted molar refractivity (Wildman–Crippen MR) is 98.4 cm³/mol. The van der Waals surface area contributed by atoms with Crippen molar-refractivity contribution < 1.29 is 0 Å². The second kappa shape index (κ2) is 6.42. The summed E-state index contributed by atoms with van der Waals surface area (Å²) in [6, 6.07) is 16.5. The second-order valence-corrected chi connectivity index (χ2v) is 6.40. The molecule has 0 amide bonds. The number of thiocarbonyl (C=S) groups is 1. The van der Waals surface area contributed by atoms with Gasteiger partial charge in [-0.05, 0) is 48.5 Å². The number of hydrogen-bond donors (Lipinski definition) is 1. The molecular weight excluding hydrogens is 310 g/mol. The minimum atomic E-state index is 0.478. The predicted octanol–water partition coefficient (Wildman–Crippen LogP) is 4.10. The number of hydrogen-bond acceptors (Lipinski definition) is 2. The molecule has 2 aromatic carbocycles. The summed E-state index contributed by atoms with van der Waals surface area (Å²) in [4.78, 5) is 5.43. The molecule has 0 aliphatic heterocycles. The molecule has 0 aliphatic carbocycles. The van der Waals surface area contributed by atoms with Crippen molar-refractivity contribution in [1.29, 1.82) is 0 Å². The van der Waals surface area contributed by atoms with Crippen molar-refractivity contribution in [3.63, 3.8) is 0 Å². The summed E-state index contributed by atoms with van der Waals surface area (Å²) in [6.45, 7) is 2.14. The van der Waals surface area contributed by atoms with Crippen LogP contribution in [0.1, 0.15) is 12.5 Å². The Morgan fingerprint density at radius 2 is 1.91 bits per heavy atom. The largest absolute Gasteiger partial charge is 0.331 e. The van der Waals surface area contributed by atoms with Gasteiger partial charge in [-0.25, -0.2) is 0 Å². The Balaban J connectivity index is 1.86. The van der Waals surface area contributed by atoms with E-state index in [0.717, 1.165) is 16.9 Å². The molecular formula is C17H17N3S2. The quantitative estimate of drug-likeness (QED) is 0.718. The fourth-order valence-corrected chi connectivity index (χ4v) is 3.54. The monoisotopic (exact) mass is 327 g/mol. The van der Waals surface area contributed by atoms with Gasteiger partial charge in [-0.3, -0.25) is 0 Å². The number of anilines is 1. The molecule has 112 valence electrons. The van der Waals surface area contributed by atoms with E-state index in [0.29, 0.717) is 5.11 Å². The molecule has 0 unspecified atom stereocenters. The molecule has 3 nitrogen and oxygen atoms in total. The molecule has 1 aromatic heterocycles. The van der Waals surface area contributed by atoms with Crippen molar-refractivity contribution in [2.45, 2.75) is 13.3 Å². The third-order valence-corrected chi connectivity index (χ3v) is 4.83. The summed E-state index contributed by atoms with van der Waals surface area (Å²) in [5.74, 6) is 0. The number of aryl methyl sites for hydroxylation is 2. The first kappa shape index (κ1) is 14.9. The van der Waals surface area contributed by atoms with Crippen LogP contribution in [-0.4, -0.2) is 9.68 Å². The van der Waals surface area contributed by atoms with Crippen molar-refractivity contribution >= 4 is 44.6 Å². The van der Waals surface area contributed by atoms with Crippen LogP contribution >= 0.6 is 23.6 Å². The van der Waals surface area contributed by atoms with Gasteiger partial charge in [0.25, 0.3) is 0 Å². The van der Waals surface area contributed by atoms with E-state index in [9.17, 15) is 0 Å². The Bertz CT molecular complexity index is 873. The molecule has 22 heavy (non-hydrogen) atoms. The molecule has 0 aliphatic rings. The number of para-hydroxylation sites is 1. The summed E-state index contributed by atoms with van der Waals surface area (Å²) in [5.41, 5.74) is 3.44. The molecule has 0 fully saturated rings. The minimum Gasteiger partial charge on any atom is -0.331 e. The lowest BCUT2D eigenvalue weighted by Gasteiger charge is -2.04. The minimum absolute atomic E-state index is 0.478. The van der Waals surface area contributed by atoms with E-state index < -0.39 is 0 Å². The maximum atomic E-state index is 5.36. The van der Waals surface area contributed by atoms with Gasteiger partial charge in [-0.15, -0.1) is 0 Å². The van der Waals surface area contributed by atoms with E-state index in [1.807, 2.05) is 31.3 Å². The van der Waals surface area contributed by atoms with Crippen LogP contribution in [0.4, 0.5) is 5.69 Å². The van der Waals surface area contributed by atoms with Crippen LogP contribution in [0, 0.1) is 0 Å². The Kier molecular flexibility index (Phi) is 4.36. The van der Waals surface area contributed by atoms with Gasteiger partial charge >= 0.3 is 0 Å². The molecule has 0 radical (unpaired) electrons. The Labute approximate surface area is 139 Å². The highest BCUT2D eigenvalue weighted by Crippen LogP contribution is 2.15. The van der Waals surface area contributed by atoms with Crippen molar-refractivity contribution in [3.05, 3.63) is 58.9 Å². The molecule has 0 saturated carbocycles. The Hall–Kier alpha value is -1.98. The Morgan fingerprint density at radius 3 is 2.59 bits per heavy atom. The van der Waals surface area contributed by atoms with Crippen LogP contribution in [0.15, 0.2) is 53.5 Å². The number of benzene rings is 2. The van der Waals surface area contributed by atoms with Gasteiger partial charge in [-0.2, -0.15) is 4.99 Å². The van der Waals surface area contributed by atoms with Crippen molar-refractivity contribution in [3.8, 4) is 0 Å². The van der Waals surface area contributed by atoms with Crippen molar-refractivity contribution in [1.82, 2.24) is 4.57 Å². The van der Waals surface area contributed by atoms with E-state index in [1.165, 1.54) is 15.8 Å². The van der Waals surface area contributed by atoms with Gasteiger partial charge in [-0.1, -0.05) is 42.5 Å².